The summed E-state index contributed by atoms with van der Waals surface area (Å²) >= 11 is 0. The van der Waals surface area contributed by atoms with Gasteiger partial charge < -0.3 is 15.4 Å². The molecular formula is C21H22N6O3. The van der Waals surface area contributed by atoms with Crippen LogP contribution in [0.1, 0.15) is 30.7 Å². The van der Waals surface area contributed by atoms with Gasteiger partial charge in [0.1, 0.15) is 5.75 Å². The van der Waals surface area contributed by atoms with E-state index in [4.69, 9.17) is 4.74 Å². The van der Waals surface area contributed by atoms with Gasteiger partial charge in [-0.25, -0.2) is 0 Å². The number of hydrogen-bond donors (Lipinski definition) is 2. The van der Waals surface area contributed by atoms with Crippen molar-refractivity contribution in [1.82, 2.24) is 20.2 Å². The van der Waals surface area contributed by atoms with E-state index in [2.05, 4.69) is 26.2 Å². The van der Waals surface area contributed by atoms with Crippen LogP contribution in [0.5, 0.6) is 5.75 Å². The van der Waals surface area contributed by atoms with Gasteiger partial charge in [0.05, 0.1) is 12.3 Å². The van der Waals surface area contributed by atoms with Crippen molar-refractivity contribution in [1.29, 1.82) is 0 Å². The fourth-order valence-corrected chi connectivity index (χ4v) is 3.28. The van der Waals surface area contributed by atoms with Crippen LogP contribution in [0, 0.1) is 6.92 Å². The summed E-state index contributed by atoms with van der Waals surface area (Å²) in [5.41, 5.74) is 3.38. The Morgan fingerprint density at radius 1 is 1.23 bits per heavy atom. The van der Waals surface area contributed by atoms with Gasteiger partial charge in [-0.05, 0) is 72.2 Å². The van der Waals surface area contributed by atoms with E-state index >= 15 is 0 Å². The van der Waals surface area contributed by atoms with Gasteiger partial charge in [-0.1, -0.05) is 6.07 Å². The second kappa shape index (κ2) is 8.73. The van der Waals surface area contributed by atoms with Gasteiger partial charge in [-0.3, -0.25) is 9.59 Å². The topological polar surface area (TPSA) is 111 Å². The lowest BCUT2D eigenvalue weighted by molar-refractivity contribution is -0.117. The first-order chi connectivity index (χ1) is 14.6. The number of amides is 2. The molecule has 1 aliphatic heterocycles. The number of benzene rings is 2. The summed E-state index contributed by atoms with van der Waals surface area (Å²) in [6.45, 7) is 2.24. The Labute approximate surface area is 173 Å². The molecule has 0 saturated heterocycles. The molecule has 0 bridgehead atoms. The Balaban J connectivity index is 1.25. The maximum Gasteiger partial charge on any atom is 0.224 e. The summed E-state index contributed by atoms with van der Waals surface area (Å²) in [5, 5.41) is 17.2. The number of aromatic nitrogens is 4. The smallest absolute Gasteiger partial charge is 0.224 e. The van der Waals surface area contributed by atoms with E-state index in [1.54, 1.807) is 4.68 Å². The normalized spacial score (nSPS) is 12.8. The summed E-state index contributed by atoms with van der Waals surface area (Å²) in [4.78, 5) is 23.7. The van der Waals surface area contributed by atoms with Crippen LogP contribution in [0.4, 0.5) is 11.4 Å². The van der Waals surface area contributed by atoms with Gasteiger partial charge in [0, 0.05) is 24.2 Å². The van der Waals surface area contributed by atoms with E-state index in [1.165, 1.54) is 0 Å². The van der Waals surface area contributed by atoms with Crippen molar-refractivity contribution in [2.45, 2.75) is 32.6 Å². The maximum atomic E-state index is 12.3. The molecule has 0 spiro atoms. The van der Waals surface area contributed by atoms with Gasteiger partial charge in [0.2, 0.25) is 11.8 Å². The number of anilines is 2. The molecule has 0 unspecified atom stereocenters. The van der Waals surface area contributed by atoms with Gasteiger partial charge in [-0.2, -0.15) is 4.68 Å². The Hall–Kier alpha value is -3.75. The molecule has 9 nitrogen and oxygen atoms in total. The quantitative estimate of drug-likeness (QED) is 0.584. The lowest BCUT2D eigenvalue weighted by Crippen LogP contribution is -2.18. The standard InChI is InChI=1S/C21H22N6O3/c1-14-24-25-26-27(14)17-5-2-4-16(13-17)22-20(28)6-3-11-30-18-8-9-19-15(12-18)7-10-21(29)23-19/h2,4-5,8-9,12-13H,3,6-7,10-11H2,1H3,(H,22,28)(H,23,29). The molecule has 0 atom stereocenters. The van der Waals surface area contributed by atoms with Gasteiger partial charge in [0.25, 0.3) is 0 Å². The Morgan fingerprint density at radius 3 is 2.97 bits per heavy atom. The monoisotopic (exact) mass is 406 g/mol. The number of fused-ring (bicyclic) bond motifs is 1. The number of carbonyl (C=O) groups excluding carboxylic acids is 2. The molecule has 4 rings (SSSR count). The second-order valence-corrected chi connectivity index (χ2v) is 7.06. The zero-order valence-electron chi connectivity index (χ0n) is 16.6. The van der Waals surface area contributed by atoms with Crippen molar-refractivity contribution >= 4 is 23.2 Å². The number of hydrogen-bond acceptors (Lipinski definition) is 6. The highest BCUT2D eigenvalue weighted by Gasteiger charge is 2.15. The van der Waals surface area contributed by atoms with Crippen LogP contribution < -0.4 is 15.4 Å². The molecule has 30 heavy (non-hydrogen) atoms. The predicted octanol–water partition coefficient (Wildman–Crippen LogP) is 2.65. The van der Waals surface area contributed by atoms with Crippen molar-refractivity contribution in [2.75, 3.05) is 17.2 Å². The van der Waals surface area contributed by atoms with Gasteiger partial charge in [-0.15, -0.1) is 5.10 Å². The number of nitrogens with one attached hydrogen (secondary N) is 2. The highest BCUT2D eigenvalue weighted by atomic mass is 16.5. The third kappa shape index (κ3) is 4.62. The average Bonchev–Trinajstić information content (AvgIpc) is 3.17. The number of aryl methyl sites for hydroxylation is 2. The van der Waals surface area contributed by atoms with Crippen LogP contribution in [0.2, 0.25) is 0 Å². The van der Waals surface area contributed by atoms with Crippen molar-refractivity contribution < 1.29 is 14.3 Å². The first-order valence-electron chi connectivity index (χ1n) is 9.79. The van der Waals surface area contributed by atoms with Crippen molar-refractivity contribution in [3.8, 4) is 11.4 Å². The van der Waals surface area contributed by atoms with Gasteiger partial charge >= 0.3 is 0 Å². The molecule has 2 N–H and O–H groups in total. The molecule has 0 fully saturated rings. The first kappa shape index (κ1) is 19.6. The number of nitrogens with zero attached hydrogens (tertiary/aromatic N) is 4. The summed E-state index contributed by atoms with van der Waals surface area (Å²) in [6.07, 6.45) is 2.13. The molecule has 0 aliphatic carbocycles. The average molecular weight is 406 g/mol. The zero-order valence-corrected chi connectivity index (χ0v) is 16.6. The summed E-state index contributed by atoms with van der Waals surface area (Å²) in [7, 11) is 0. The molecule has 1 aliphatic rings. The minimum absolute atomic E-state index is 0.0424. The van der Waals surface area contributed by atoms with Crippen molar-refractivity contribution in [2.24, 2.45) is 0 Å². The van der Waals surface area contributed by atoms with Crippen molar-refractivity contribution in [3.63, 3.8) is 0 Å². The van der Waals surface area contributed by atoms with E-state index in [-0.39, 0.29) is 11.8 Å². The second-order valence-electron chi connectivity index (χ2n) is 7.06. The SMILES string of the molecule is Cc1nnnn1-c1cccc(NC(=O)CCCOc2ccc3c(c2)CCC(=O)N3)c1. The third-order valence-electron chi connectivity index (χ3n) is 4.79. The highest BCUT2D eigenvalue weighted by Crippen LogP contribution is 2.26. The van der Waals surface area contributed by atoms with Crippen LogP contribution in [0.25, 0.3) is 5.69 Å². The molecule has 2 amide bonds. The maximum absolute atomic E-state index is 12.3. The molecule has 0 saturated carbocycles. The highest BCUT2D eigenvalue weighted by molar-refractivity contribution is 5.94. The molecule has 3 aromatic rings. The number of tetrazole rings is 1. The number of carbonyl (C=O) groups is 2. The fraction of sp³-hybridized carbons (Fsp3) is 0.286. The molecule has 154 valence electrons. The molecule has 2 aromatic carbocycles. The molecule has 1 aromatic heterocycles. The largest absolute Gasteiger partial charge is 0.494 e. The molecule has 2 heterocycles. The molecule has 0 radical (unpaired) electrons. The number of ether oxygens (including phenoxy) is 1. The van der Waals surface area contributed by atoms with Crippen molar-refractivity contribution in [3.05, 3.63) is 53.9 Å². The molecular weight excluding hydrogens is 384 g/mol. The van der Waals surface area contributed by atoms with E-state index in [0.29, 0.717) is 43.8 Å². The zero-order chi connectivity index (χ0) is 20.9. The molecule has 9 heteroatoms. The summed E-state index contributed by atoms with van der Waals surface area (Å²) in [6, 6.07) is 13.0. The van der Waals surface area contributed by atoms with Crippen LogP contribution >= 0.6 is 0 Å². The third-order valence-corrected chi connectivity index (χ3v) is 4.79. The van der Waals surface area contributed by atoms with Crippen LogP contribution in [-0.2, 0) is 16.0 Å². The first-order valence-corrected chi connectivity index (χ1v) is 9.79. The predicted molar refractivity (Wildman–Crippen MR) is 111 cm³/mol. The van der Waals surface area contributed by atoms with E-state index in [9.17, 15) is 9.59 Å². The Kier molecular flexibility index (Phi) is 5.69. The van der Waals surface area contributed by atoms with Crippen LogP contribution in [0.15, 0.2) is 42.5 Å². The Bertz CT molecular complexity index is 1080. The van der Waals surface area contributed by atoms with E-state index in [0.717, 1.165) is 22.7 Å². The van der Waals surface area contributed by atoms with Gasteiger partial charge in [0.15, 0.2) is 5.82 Å². The lowest BCUT2D eigenvalue weighted by atomic mass is 10.0. The van der Waals surface area contributed by atoms with Crippen LogP contribution in [-0.4, -0.2) is 38.6 Å². The lowest BCUT2D eigenvalue weighted by Gasteiger charge is -2.17. The fourth-order valence-electron chi connectivity index (χ4n) is 3.28. The minimum atomic E-state index is -0.0858. The van der Waals surface area contributed by atoms with Crippen LogP contribution in [0.3, 0.4) is 0 Å². The summed E-state index contributed by atoms with van der Waals surface area (Å²) < 4.78 is 7.37. The summed E-state index contributed by atoms with van der Waals surface area (Å²) in [5.74, 6) is 1.37. The van der Waals surface area contributed by atoms with E-state index in [1.807, 2.05) is 49.4 Å². The number of rotatable bonds is 7. The van der Waals surface area contributed by atoms with E-state index < -0.39 is 0 Å². The Morgan fingerprint density at radius 2 is 2.13 bits per heavy atom. The minimum Gasteiger partial charge on any atom is -0.494 e.